The number of aromatic amines is 1. The number of aromatic nitrogens is 8. The van der Waals surface area contributed by atoms with Gasteiger partial charge in [0.15, 0.2) is 42.7 Å². The molecular formula is C39H52N10O13P2Si. The predicted molar refractivity (Wildman–Crippen MR) is 233 cm³/mol. The van der Waals surface area contributed by atoms with Gasteiger partial charge in [-0.2, -0.15) is 0 Å². The van der Waals surface area contributed by atoms with E-state index >= 15 is 4.57 Å². The highest BCUT2D eigenvalue weighted by Gasteiger charge is 2.57. The Kier molecular flexibility index (Phi) is 12.4. The van der Waals surface area contributed by atoms with Crippen LogP contribution in [0.2, 0.25) is 18.1 Å². The molecule has 4 aromatic heterocycles. The smallest absolute Gasteiger partial charge is 0.408 e. The minimum absolute atomic E-state index is 0.0215. The third-order valence-corrected chi connectivity index (χ3v) is 20.1. The molecule has 3 N–H and O–H groups in total. The fraction of sp³-hybridized carbons (Fsp3) is 0.564. The molecule has 350 valence electrons. The summed E-state index contributed by atoms with van der Waals surface area (Å²) in [5.41, 5.74) is 0.648. The van der Waals surface area contributed by atoms with Crippen molar-refractivity contribution in [2.75, 3.05) is 44.8 Å². The number of nitrogens with one attached hydrogen (secondary N) is 2. The van der Waals surface area contributed by atoms with E-state index in [1.54, 1.807) is 53.4 Å². The zero-order chi connectivity index (χ0) is 46.1. The molecule has 0 saturated carbocycles. The lowest BCUT2D eigenvalue weighted by Crippen LogP contribution is -2.50. The maximum absolute atomic E-state index is 15.7. The summed E-state index contributed by atoms with van der Waals surface area (Å²) in [5, 5.41) is 2.44. The minimum atomic E-state index is -4.97. The summed E-state index contributed by atoms with van der Waals surface area (Å²) < 4.78 is 85.5. The molecular weight excluding hydrogens is 907 g/mol. The second-order valence-electron chi connectivity index (χ2n) is 17.9. The minimum Gasteiger partial charge on any atom is -0.408 e. The van der Waals surface area contributed by atoms with Gasteiger partial charge in [0, 0.05) is 24.6 Å². The van der Waals surface area contributed by atoms with Gasteiger partial charge in [0.2, 0.25) is 0 Å². The highest BCUT2D eigenvalue weighted by atomic mass is 31.2. The number of benzene rings is 1. The maximum atomic E-state index is 15.7. The Balaban J connectivity index is 1.09. The van der Waals surface area contributed by atoms with Gasteiger partial charge in [0.1, 0.15) is 48.9 Å². The molecule has 0 radical (unpaired) electrons. The van der Waals surface area contributed by atoms with Gasteiger partial charge >= 0.3 is 15.6 Å². The van der Waals surface area contributed by atoms with Crippen molar-refractivity contribution in [3.05, 3.63) is 71.1 Å². The zero-order valence-corrected chi connectivity index (χ0v) is 39.6. The number of hydrogen-bond donors (Lipinski definition) is 3. The molecule has 9 rings (SSSR count). The van der Waals surface area contributed by atoms with Crippen molar-refractivity contribution in [2.45, 2.75) is 95.7 Å². The van der Waals surface area contributed by atoms with Crippen LogP contribution < -0.4 is 10.9 Å². The van der Waals surface area contributed by atoms with Crippen molar-refractivity contribution in [3.63, 3.8) is 0 Å². The number of fused-ring (bicyclic) bond motifs is 5. The molecule has 10 atom stereocenters. The molecule has 4 saturated heterocycles. The second kappa shape index (κ2) is 17.5. The van der Waals surface area contributed by atoms with E-state index in [0.29, 0.717) is 11.4 Å². The molecule has 0 spiro atoms. The third kappa shape index (κ3) is 8.93. The molecule has 5 aromatic rings. The highest BCUT2D eigenvalue weighted by molar-refractivity contribution is 7.51. The first-order chi connectivity index (χ1) is 30.8. The Labute approximate surface area is 373 Å². The molecule has 4 aliphatic heterocycles. The van der Waals surface area contributed by atoms with E-state index in [2.05, 4.69) is 35.2 Å². The van der Waals surface area contributed by atoms with Gasteiger partial charge in [0.25, 0.3) is 11.5 Å². The Bertz CT molecular complexity index is 2730. The van der Waals surface area contributed by atoms with Gasteiger partial charge < -0.3 is 33.8 Å². The molecule has 4 unspecified atom stereocenters. The average Bonchev–Trinajstić information content (AvgIpc) is 4.03. The number of phosphoric acid groups is 1. The van der Waals surface area contributed by atoms with Crippen molar-refractivity contribution >= 4 is 57.9 Å². The Morgan fingerprint density at radius 2 is 1.58 bits per heavy atom. The van der Waals surface area contributed by atoms with E-state index in [0.717, 1.165) is 0 Å². The van der Waals surface area contributed by atoms with Gasteiger partial charge in [-0.25, -0.2) is 38.7 Å². The van der Waals surface area contributed by atoms with Crippen LogP contribution in [0.3, 0.4) is 0 Å². The Morgan fingerprint density at radius 1 is 0.908 bits per heavy atom. The molecule has 1 aromatic carbocycles. The average molecular weight is 959 g/mol. The van der Waals surface area contributed by atoms with Gasteiger partial charge in [0.05, 0.1) is 39.1 Å². The SMILES string of the molecule is Cc1nc2c(ncn2[C@@H]2O[C@@H]3COP(=O)(O)O[C@@H]4C(C)[C@H](n5cnc6c(NC(=O)c7ccccc7)ncnc65)O[C@@H]4COP(=O)(N4CCOCC4)O[C@H]2C3O[Si](C)(C)C(C)(C)C)c(=O)[nH]1. The molecule has 65 heavy (non-hydrogen) atoms. The van der Waals surface area contributed by atoms with Crippen LogP contribution in [0.4, 0.5) is 5.82 Å². The van der Waals surface area contributed by atoms with Crippen LogP contribution in [0.5, 0.6) is 0 Å². The summed E-state index contributed by atoms with van der Waals surface area (Å²) >= 11 is 0. The van der Waals surface area contributed by atoms with Crippen LogP contribution in [0, 0.1) is 12.8 Å². The van der Waals surface area contributed by atoms with Crippen LogP contribution in [-0.2, 0) is 45.9 Å². The summed E-state index contributed by atoms with van der Waals surface area (Å²) in [6.07, 6.45) is -3.86. The number of carbonyl (C=O) groups excluding carboxylic acids is 1. The topological polar surface area (TPSA) is 268 Å². The number of ether oxygens (including phenoxy) is 3. The van der Waals surface area contributed by atoms with E-state index in [9.17, 15) is 19.0 Å². The van der Waals surface area contributed by atoms with Crippen LogP contribution in [-0.4, -0.2) is 133 Å². The summed E-state index contributed by atoms with van der Waals surface area (Å²) in [5.74, 6) is -0.656. The van der Waals surface area contributed by atoms with Gasteiger partial charge in [-0.05, 0) is 37.2 Å². The fourth-order valence-corrected chi connectivity index (χ4v) is 12.3. The molecule has 1 amide bonds. The van der Waals surface area contributed by atoms with Crippen molar-refractivity contribution < 1.29 is 55.5 Å². The van der Waals surface area contributed by atoms with E-state index in [1.165, 1.54) is 23.5 Å². The number of hydrogen-bond acceptors (Lipinski definition) is 17. The number of aryl methyl sites for hydroxylation is 1. The molecule has 23 nitrogen and oxygen atoms in total. The number of phosphoric ester groups is 1. The number of rotatable bonds is 7. The number of carbonyl (C=O) groups is 1. The van der Waals surface area contributed by atoms with Crippen molar-refractivity contribution in [1.29, 1.82) is 0 Å². The van der Waals surface area contributed by atoms with Gasteiger partial charge in [-0.1, -0.05) is 45.9 Å². The van der Waals surface area contributed by atoms with Crippen molar-refractivity contribution in [2.24, 2.45) is 5.92 Å². The first-order valence-electron chi connectivity index (χ1n) is 21.2. The van der Waals surface area contributed by atoms with Crippen LogP contribution >= 0.6 is 15.6 Å². The maximum Gasteiger partial charge on any atom is 0.472 e. The first kappa shape index (κ1) is 46.0. The molecule has 26 heteroatoms. The lowest BCUT2D eigenvalue weighted by molar-refractivity contribution is -0.0674. The van der Waals surface area contributed by atoms with E-state index in [-0.39, 0.29) is 59.5 Å². The lowest BCUT2D eigenvalue weighted by atomic mass is 10.0. The summed E-state index contributed by atoms with van der Waals surface area (Å²) in [6, 6.07) is 8.62. The summed E-state index contributed by atoms with van der Waals surface area (Å²) in [7, 11) is -12.1. The standard InChI is InChI=1S/C39H52N10O13P2Si/c1-22-29-25(58-37(22)48-20-42-27-32(40-19-41-33(27)48)46-35(50)24-11-9-8-10-12-24)17-56-63(52,47-13-15-55-16-14-47)60-31-30(62-65(6,7)39(3,4)5)26(18-57-64(53,54)61-29)59-38(31)49-21-43-28-34(49)44-23(2)45-36(28)51/h8-12,19-22,25-26,29-31,37-38H,13-18H2,1-7H3,(H,53,54)(H,44,45,51)(H,40,41,46,50)/t22?,25-,26-,29-,30?,31+,37-,38-,63?/m1/s1. The van der Waals surface area contributed by atoms with E-state index in [1.807, 2.05) is 33.9 Å². The Morgan fingerprint density at radius 3 is 2.31 bits per heavy atom. The third-order valence-electron chi connectivity index (χ3n) is 12.5. The number of amides is 1. The fourth-order valence-electron chi connectivity index (χ4n) is 8.11. The number of H-pyrrole nitrogens is 1. The Hall–Kier alpha value is -4.13. The molecule has 2 bridgehead atoms. The number of anilines is 1. The normalized spacial score (nSPS) is 31.9. The van der Waals surface area contributed by atoms with Crippen LogP contribution in [0.15, 0.2) is 54.1 Å². The quantitative estimate of drug-likeness (QED) is 0.147. The molecule has 8 heterocycles. The molecule has 4 aliphatic rings. The van der Waals surface area contributed by atoms with E-state index < -0.39 is 97.5 Å². The summed E-state index contributed by atoms with van der Waals surface area (Å²) in [4.78, 5) is 62.3. The zero-order valence-electron chi connectivity index (χ0n) is 36.8. The highest BCUT2D eigenvalue weighted by Crippen LogP contribution is 2.59. The number of imidazole rings is 2. The van der Waals surface area contributed by atoms with Crippen molar-refractivity contribution in [3.8, 4) is 0 Å². The monoisotopic (exact) mass is 958 g/mol. The summed E-state index contributed by atoms with van der Waals surface area (Å²) in [6.45, 7) is 13.3. The van der Waals surface area contributed by atoms with E-state index in [4.69, 9.17) is 36.7 Å². The predicted octanol–water partition coefficient (Wildman–Crippen LogP) is 4.70. The van der Waals surface area contributed by atoms with Crippen molar-refractivity contribution in [1.82, 2.24) is 43.7 Å². The molecule has 4 fully saturated rings. The largest absolute Gasteiger partial charge is 0.472 e. The van der Waals surface area contributed by atoms with Gasteiger partial charge in [-0.15, -0.1) is 0 Å². The van der Waals surface area contributed by atoms with Crippen LogP contribution in [0.25, 0.3) is 22.3 Å². The van der Waals surface area contributed by atoms with Gasteiger partial charge in [-0.3, -0.25) is 36.8 Å². The molecule has 0 aliphatic carbocycles. The lowest BCUT2D eigenvalue weighted by Gasteiger charge is -2.41. The number of nitrogens with zero attached hydrogens (tertiary/aromatic N) is 8. The number of morpholine rings is 1. The first-order valence-corrected chi connectivity index (χ1v) is 27.1. The van der Waals surface area contributed by atoms with Crippen LogP contribution in [0.1, 0.15) is 56.3 Å². The second-order valence-corrected chi connectivity index (χ2v) is 26.0.